The molecule has 0 atom stereocenters. The molecule has 0 aliphatic heterocycles. The first kappa shape index (κ1) is 33.1. The maximum absolute atomic E-state index is 2.44. The molecular formula is C57H37N3. The van der Waals surface area contributed by atoms with E-state index in [1.54, 1.807) is 0 Å². The highest BCUT2D eigenvalue weighted by Crippen LogP contribution is 2.44. The minimum atomic E-state index is 1.15. The summed E-state index contributed by atoms with van der Waals surface area (Å²) in [5.41, 5.74) is 14.5. The average Bonchev–Trinajstić information content (AvgIpc) is 3.94. The van der Waals surface area contributed by atoms with Crippen LogP contribution in [0.3, 0.4) is 0 Å². The summed E-state index contributed by atoms with van der Waals surface area (Å²) >= 11 is 0. The summed E-state index contributed by atoms with van der Waals surface area (Å²) in [6.45, 7) is 0. The second kappa shape index (κ2) is 12.6. The fourth-order valence-electron chi connectivity index (χ4n) is 10.3. The zero-order valence-electron chi connectivity index (χ0n) is 33.0. The first-order valence-electron chi connectivity index (χ1n) is 20.7. The predicted octanol–water partition coefficient (Wildman–Crippen LogP) is 15.2. The van der Waals surface area contributed by atoms with E-state index >= 15 is 0 Å². The fraction of sp³-hybridized carbons (Fsp3) is 0.0175. The summed E-state index contributed by atoms with van der Waals surface area (Å²) in [5.74, 6) is 0. The van der Waals surface area contributed by atoms with Gasteiger partial charge in [-0.25, -0.2) is 0 Å². The zero-order chi connectivity index (χ0) is 39.5. The monoisotopic (exact) mass is 763 g/mol. The van der Waals surface area contributed by atoms with Crippen molar-refractivity contribution in [2.75, 3.05) is 0 Å². The number of hydrogen-bond acceptors (Lipinski definition) is 0. The summed E-state index contributed by atoms with van der Waals surface area (Å²) in [4.78, 5) is 0. The van der Waals surface area contributed by atoms with Crippen molar-refractivity contribution in [3.63, 3.8) is 0 Å². The summed E-state index contributed by atoms with van der Waals surface area (Å²) < 4.78 is 7.21. The number of para-hydroxylation sites is 2. The van der Waals surface area contributed by atoms with E-state index < -0.39 is 0 Å². The average molecular weight is 764 g/mol. The van der Waals surface area contributed by atoms with Crippen LogP contribution in [0.25, 0.3) is 121 Å². The molecule has 0 fully saturated rings. The van der Waals surface area contributed by atoms with Gasteiger partial charge in [-0.15, -0.1) is 0 Å². The first-order chi connectivity index (χ1) is 29.7. The lowest BCUT2D eigenvalue weighted by molar-refractivity contribution is 1.01. The van der Waals surface area contributed by atoms with Gasteiger partial charge < -0.3 is 13.7 Å². The highest BCUT2D eigenvalue weighted by atomic mass is 15.0. The third-order valence-corrected chi connectivity index (χ3v) is 13.0. The van der Waals surface area contributed by atoms with Crippen molar-refractivity contribution in [2.24, 2.45) is 7.05 Å². The van der Waals surface area contributed by atoms with Crippen molar-refractivity contribution >= 4 is 87.0 Å². The van der Waals surface area contributed by atoms with Gasteiger partial charge in [-0.1, -0.05) is 133 Å². The van der Waals surface area contributed by atoms with Gasteiger partial charge in [-0.2, -0.15) is 0 Å². The topological polar surface area (TPSA) is 14.8 Å². The maximum atomic E-state index is 2.44. The first-order valence-corrected chi connectivity index (χ1v) is 20.7. The van der Waals surface area contributed by atoms with E-state index in [4.69, 9.17) is 0 Å². The van der Waals surface area contributed by atoms with Crippen molar-refractivity contribution in [1.29, 1.82) is 0 Å². The van der Waals surface area contributed by atoms with E-state index in [1.807, 2.05) is 0 Å². The van der Waals surface area contributed by atoms with Crippen molar-refractivity contribution in [3.8, 4) is 33.6 Å². The van der Waals surface area contributed by atoms with Gasteiger partial charge >= 0.3 is 0 Å². The smallest absolute Gasteiger partial charge is 0.0619 e. The van der Waals surface area contributed by atoms with E-state index in [-0.39, 0.29) is 0 Å². The molecule has 13 rings (SSSR count). The van der Waals surface area contributed by atoms with Crippen molar-refractivity contribution in [3.05, 3.63) is 206 Å². The predicted molar refractivity (Wildman–Crippen MR) is 255 cm³/mol. The number of nitrogens with zero attached hydrogens (tertiary/aromatic N) is 3. The van der Waals surface area contributed by atoms with Crippen LogP contribution in [-0.2, 0) is 7.05 Å². The molecule has 3 nitrogen and oxygen atoms in total. The largest absolute Gasteiger partial charge is 0.344 e. The lowest BCUT2D eigenvalue weighted by Gasteiger charge is -2.10. The van der Waals surface area contributed by atoms with Gasteiger partial charge in [0.25, 0.3) is 0 Å². The molecule has 10 aromatic carbocycles. The lowest BCUT2D eigenvalue weighted by atomic mass is 9.95. The molecule has 0 N–H and O–H groups in total. The summed E-state index contributed by atoms with van der Waals surface area (Å²) in [5, 5.41) is 12.7. The molecule has 0 saturated heterocycles. The SMILES string of the molecule is Cn1c2ccc(-c3ccc4c(c3)c3c(-c5ccc6c(c5)c5ccc7ccccc7c5n6-c5ccccc5)cccc3n4-c3ccccc3)cc2c2c3ccccc3ccc21. The Kier molecular flexibility index (Phi) is 6.93. The fourth-order valence-corrected chi connectivity index (χ4v) is 10.3. The Morgan fingerprint density at radius 3 is 1.60 bits per heavy atom. The summed E-state index contributed by atoms with van der Waals surface area (Å²) in [6, 6.07) is 76.1. The van der Waals surface area contributed by atoms with Crippen LogP contribution in [0.5, 0.6) is 0 Å². The number of aromatic nitrogens is 3. The van der Waals surface area contributed by atoms with Crippen molar-refractivity contribution < 1.29 is 0 Å². The van der Waals surface area contributed by atoms with E-state index in [0.717, 1.165) is 11.4 Å². The van der Waals surface area contributed by atoms with Crippen LogP contribution in [0.2, 0.25) is 0 Å². The van der Waals surface area contributed by atoms with Gasteiger partial charge in [-0.3, -0.25) is 0 Å². The summed E-state index contributed by atoms with van der Waals surface area (Å²) in [6.07, 6.45) is 0. The number of fused-ring (bicyclic) bond motifs is 13. The van der Waals surface area contributed by atoms with E-state index in [2.05, 4.69) is 227 Å². The number of rotatable bonds is 4. The second-order valence-electron chi connectivity index (χ2n) is 16.2. The van der Waals surface area contributed by atoms with E-state index in [1.165, 1.54) is 109 Å². The number of benzene rings is 10. The van der Waals surface area contributed by atoms with Gasteiger partial charge in [0.15, 0.2) is 0 Å². The lowest BCUT2D eigenvalue weighted by Crippen LogP contribution is -1.94. The molecule has 3 aromatic heterocycles. The second-order valence-corrected chi connectivity index (χ2v) is 16.2. The molecule has 0 amide bonds. The summed E-state index contributed by atoms with van der Waals surface area (Å²) in [7, 11) is 2.18. The van der Waals surface area contributed by atoms with Crippen LogP contribution >= 0.6 is 0 Å². The van der Waals surface area contributed by atoms with Gasteiger partial charge in [-0.05, 0) is 111 Å². The number of hydrogen-bond donors (Lipinski definition) is 0. The molecule has 3 heterocycles. The molecular weight excluding hydrogens is 727 g/mol. The Bertz CT molecular complexity index is 3880. The van der Waals surface area contributed by atoms with Crippen LogP contribution in [0, 0.1) is 0 Å². The molecule has 0 spiro atoms. The van der Waals surface area contributed by atoms with Crippen LogP contribution in [0.4, 0.5) is 0 Å². The van der Waals surface area contributed by atoms with E-state index in [0.29, 0.717) is 0 Å². The standard InChI is InChI=1S/C57H37N3/c1-58-50-29-25-38(33-48(50)55-43-19-10-8-13-36(43)24-32-53(55)58)39-26-30-52-49(34-39)56-44(21-12-22-54(56)59(52)41-15-4-2-5-16-41)40-27-31-51-47(35-40)46-28-23-37-14-9-11-20-45(37)57(46)60(51)42-17-6-3-7-18-42/h2-35H,1H3. The van der Waals surface area contributed by atoms with Gasteiger partial charge in [0.1, 0.15) is 0 Å². The Morgan fingerprint density at radius 1 is 0.300 bits per heavy atom. The third-order valence-electron chi connectivity index (χ3n) is 13.0. The van der Waals surface area contributed by atoms with Crippen molar-refractivity contribution in [2.45, 2.75) is 0 Å². The minimum Gasteiger partial charge on any atom is -0.344 e. The molecule has 0 aliphatic carbocycles. The molecule has 13 aromatic rings. The molecule has 0 unspecified atom stereocenters. The minimum absolute atomic E-state index is 1.15. The molecule has 0 bridgehead atoms. The number of aryl methyl sites for hydroxylation is 1. The van der Waals surface area contributed by atoms with Gasteiger partial charge in [0, 0.05) is 67.2 Å². The highest BCUT2D eigenvalue weighted by Gasteiger charge is 2.21. The van der Waals surface area contributed by atoms with Crippen LogP contribution in [0.1, 0.15) is 0 Å². The van der Waals surface area contributed by atoms with E-state index in [9.17, 15) is 0 Å². The third kappa shape index (κ3) is 4.66. The van der Waals surface area contributed by atoms with Crippen LogP contribution in [-0.4, -0.2) is 13.7 Å². The van der Waals surface area contributed by atoms with Crippen LogP contribution < -0.4 is 0 Å². The molecule has 60 heavy (non-hydrogen) atoms. The Balaban J connectivity index is 1.07. The quantitative estimate of drug-likeness (QED) is 0.170. The van der Waals surface area contributed by atoms with Gasteiger partial charge in [0.2, 0.25) is 0 Å². The highest BCUT2D eigenvalue weighted by molar-refractivity contribution is 6.23. The molecule has 0 saturated carbocycles. The maximum Gasteiger partial charge on any atom is 0.0619 e. The Labute approximate surface area is 346 Å². The normalized spacial score (nSPS) is 12.1. The zero-order valence-corrected chi connectivity index (χ0v) is 33.0. The Hall–Kier alpha value is -7.88. The molecule has 0 aliphatic rings. The Morgan fingerprint density at radius 2 is 0.850 bits per heavy atom. The molecule has 280 valence electrons. The van der Waals surface area contributed by atoms with Gasteiger partial charge in [0.05, 0.1) is 22.1 Å². The van der Waals surface area contributed by atoms with Crippen LogP contribution in [0.15, 0.2) is 206 Å². The molecule has 3 heteroatoms. The van der Waals surface area contributed by atoms with Crippen molar-refractivity contribution in [1.82, 2.24) is 13.7 Å². The molecule has 0 radical (unpaired) electrons.